The van der Waals surface area contributed by atoms with E-state index in [2.05, 4.69) is 36.3 Å². The van der Waals surface area contributed by atoms with Crippen LogP contribution in [0.5, 0.6) is 17.2 Å². The lowest BCUT2D eigenvalue weighted by molar-refractivity contribution is 0.235. The number of anilines is 1. The number of fused-ring (bicyclic) bond motifs is 1. The number of likely N-dealkylation sites (N-methyl/N-ethyl adjacent to an activating group) is 1. The molecule has 192 valence electrons. The van der Waals surface area contributed by atoms with Gasteiger partial charge in [-0.15, -0.1) is 0 Å². The Morgan fingerprint density at radius 3 is 2.50 bits per heavy atom. The van der Waals surface area contributed by atoms with Gasteiger partial charge in [-0.3, -0.25) is 0 Å². The van der Waals surface area contributed by atoms with E-state index in [9.17, 15) is 10.2 Å². The molecule has 0 aliphatic heterocycles. The molecular formula is C31H40N2O3. The van der Waals surface area contributed by atoms with Gasteiger partial charge < -0.3 is 25.2 Å². The molecule has 0 radical (unpaired) electrons. The molecule has 3 aromatic carbocycles. The Balaban J connectivity index is 1.32. The molecule has 1 atom stereocenters. The smallest absolute Gasteiger partial charge is 0.119 e. The van der Waals surface area contributed by atoms with Crippen molar-refractivity contribution in [2.75, 3.05) is 32.1 Å². The van der Waals surface area contributed by atoms with Gasteiger partial charge in [0.2, 0.25) is 0 Å². The maximum atomic E-state index is 10.2. The molecule has 0 bridgehead atoms. The number of aryl methyl sites for hydroxylation is 1. The Kier molecular flexibility index (Phi) is 9.12. The largest absolute Gasteiger partial charge is 0.508 e. The zero-order valence-electron chi connectivity index (χ0n) is 21.7. The van der Waals surface area contributed by atoms with Crippen molar-refractivity contribution in [1.29, 1.82) is 0 Å². The van der Waals surface area contributed by atoms with Crippen molar-refractivity contribution in [3.8, 4) is 17.2 Å². The van der Waals surface area contributed by atoms with Gasteiger partial charge in [0.25, 0.3) is 0 Å². The second kappa shape index (κ2) is 12.7. The molecule has 0 amide bonds. The number of nitrogens with one attached hydrogen (secondary N) is 1. The molecule has 36 heavy (non-hydrogen) atoms. The highest BCUT2D eigenvalue weighted by molar-refractivity contribution is 5.57. The van der Waals surface area contributed by atoms with Crippen molar-refractivity contribution in [2.45, 2.75) is 57.9 Å². The zero-order valence-corrected chi connectivity index (χ0v) is 21.7. The van der Waals surface area contributed by atoms with E-state index in [4.69, 9.17) is 4.74 Å². The topological polar surface area (TPSA) is 65.0 Å². The summed E-state index contributed by atoms with van der Waals surface area (Å²) >= 11 is 0. The zero-order chi connectivity index (χ0) is 25.3. The molecule has 5 heteroatoms. The number of nitrogens with zero attached hydrogens (tertiary/aromatic N) is 1. The summed E-state index contributed by atoms with van der Waals surface area (Å²) in [6.45, 7) is 5.65. The number of rotatable bonds is 12. The normalized spacial score (nSPS) is 15.0. The van der Waals surface area contributed by atoms with Crippen molar-refractivity contribution >= 4 is 5.69 Å². The van der Waals surface area contributed by atoms with Crippen molar-refractivity contribution in [3.05, 3.63) is 82.9 Å². The minimum Gasteiger partial charge on any atom is -0.508 e. The SMILES string of the molecule is CCCCCN(C)CCOc1ccc(CNc2cc(O)ccc2C2CCc3cc(O)ccc3C2)cc1. The van der Waals surface area contributed by atoms with Crippen LogP contribution in [-0.4, -0.2) is 41.9 Å². The first-order chi connectivity index (χ1) is 17.5. The molecular weight excluding hydrogens is 448 g/mol. The van der Waals surface area contributed by atoms with Crippen LogP contribution in [0, 0.1) is 0 Å². The maximum absolute atomic E-state index is 10.2. The standard InChI is InChI=1S/C31H40N2O3/c1-3-4-5-16-33(2)17-18-36-29-13-6-23(7-14-29)22-32-31-21-28(35)12-15-30(31)26-9-8-25-20-27(34)11-10-24(25)19-26/h6-7,10-15,20-21,26,32,34-35H,3-5,8-9,16-19,22H2,1-2H3. The van der Waals surface area contributed by atoms with Gasteiger partial charge in [0.15, 0.2) is 0 Å². The number of ether oxygens (including phenoxy) is 1. The lowest BCUT2D eigenvalue weighted by atomic mass is 9.79. The van der Waals surface area contributed by atoms with Crippen LogP contribution in [0.15, 0.2) is 60.7 Å². The number of hydrogen-bond acceptors (Lipinski definition) is 5. The number of hydrogen-bond donors (Lipinski definition) is 3. The molecule has 0 fully saturated rings. The van der Waals surface area contributed by atoms with Gasteiger partial charge in [0.05, 0.1) is 0 Å². The van der Waals surface area contributed by atoms with Gasteiger partial charge in [-0.25, -0.2) is 0 Å². The average Bonchev–Trinajstić information content (AvgIpc) is 2.88. The Labute approximate surface area is 215 Å². The van der Waals surface area contributed by atoms with E-state index in [1.807, 2.05) is 36.4 Å². The fourth-order valence-corrected chi connectivity index (χ4v) is 5.02. The molecule has 0 aromatic heterocycles. The van der Waals surface area contributed by atoms with Crippen LogP contribution in [0.2, 0.25) is 0 Å². The lowest BCUT2D eigenvalue weighted by Crippen LogP contribution is -2.25. The summed E-state index contributed by atoms with van der Waals surface area (Å²) in [5.41, 5.74) is 5.91. The van der Waals surface area contributed by atoms with Crippen LogP contribution in [0.1, 0.15) is 60.8 Å². The molecule has 1 unspecified atom stereocenters. The summed E-state index contributed by atoms with van der Waals surface area (Å²) in [5.74, 6) is 1.88. The predicted octanol–water partition coefficient (Wildman–Crippen LogP) is 6.48. The van der Waals surface area contributed by atoms with Crippen molar-refractivity contribution < 1.29 is 14.9 Å². The first kappa shape index (κ1) is 25.9. The van der Waals surface area contributed by atoms with Crippen LogP contribution >= 0.6 is 0 Å². The summed E-state index contributed by atoms with van der Waals surface area (Å²) in [4.78, 5) is 2.33. The van der Waals surface area contributed by atoms with Crippen LogP contribution in [0.3, 0.4) is 0 Å². The van der Waals surface area contributed by atoms with Gasteiger partial charge in [0.1, 0.15) is 23.9 Å². The van der Waals surface area contributed by atoms with Crippen molar-refractivity contribution in [1.82, 2.24) is 4.90 Å². The summed E-state index contributed by atoms with van der Waals surface area (Å²) in [6, 6.07) is 19.6. The van der Waals surface area contributed by atoms with Gasteiger partial charge in [-0.05, 0) is 97.8 Å². The Morgan fingerprint density at radius 1 is 0.917 bits per heavy atom. The molecule has 1 aliphatic rings. The molecule has 0 saturated heterocycles. The number of unbranched alkanes of at least 4 members (excludes halogenated alkanes) is 2. The van der Waals surface area contributed by atoms with Crippen molar-refractivity contribution in [2.24, 2.45) is 0 Å². The third-order valence-electron chi connectivity index (χ3n) is 7.19. The summed E-state index contributed by atoms with van der Waals surface area (Å²) in [5, 5.41) is 23.5. The number of phenols is 2. The summed E-state index contributed by atoms with van der Waals surface area (Å²) < 4.78 is 5.94. The molecule has 3 aromatic rings. The highest BCUT2D eigenvalue weighted by Gasteiger charge is 2.23. The molecule has 0 spiro atoms. The second-order valence-corrected chi connectivity index (χ2v) is 10.0. The van der Waals surface area contributed by atoms with E-state index in [0.29, 0.717) is 24.8 Å². The fraction of sp³-hybridized carbons (Fsp3) is 0.419. The molecule has 0 heterocycles. The van der Waals surface area contributed by atoms with E-state index in [1.165, 1.54) is 36.0 Å². The fourth-order valence-electron chi connectivity index (χ4n) is 5.02. The molecule has 0 saturated carbocycles. The number of benzene rings is 3. The summed E-state index contributed by atoms with van der Waals surface area (Å²) in [7, 11) is 2.15. The monoisotopic (exact) mass is 488 g/mol. The first-order valence-electron chi connectivity index (χ1n) is 13.3. The van der Waals surface area contributed by atoms with Crippen LogP contribution < -0.4 is 10.1 Å². The van der Waals surface area contributed by atoms with E-state index < -0.39 is 0 Å². The molecule has 4 rings (SSSR count). The quantitative estimate of drug-likeness (QED) is 0.255. The van der Waals surface area contributed by atoms with E-state index in [1.54, 1.807) is 12.1 Å². The van der Waals surface area contributed by atoms with Gasteiger partial charge in [-0.2, -0.15) is 0 Å². The van der Waals surface area contributed by atoms with Gasteiger partial charge >= 0.3 is 0 Å². The highest BCUT2D eigenvalue weighted by atomic mass is 16.5. The number of phenolic OH excluding ortho intramolecular Hbond substituents is 2. The van der Waals surface area contributed by atoms with Crippen LogP contribution in [0.4, 0.5) is 5.69 Å². The Hall–Kier alpha value is -3.18. The minimum absolute atomic E-state index is 0.269. The molecule has 5 nitrogen and oxygen atoms in total. The Bertz CT molecular complexity index is 1110. The van der Waals surface area contributed by atoms with E-state index in [0.717, 1.165) is 49.4 Å². The van der Waals surface area contributed by atoms with Gasteiger partial charge in [-0.1, -0.05) is 44.0 Å². The van der Waals surface area contributed by atoms with Gasteiger partial charge in [0, 0.05) is 24.8 Å². The highest BCUT2D eigenvalue weighted by Crippen LogP contribution is 2.38. The third-order valence-corrected chi connectivity index (χ3v) is 7.19. The third kappa shape index (κ3) is 7.17. The number of aromatic hydroxyl groups is 2. The average molecular weight is 489 g/mol. The Morgan fingerprint density at radius 2 is 1.69 bits per heavy atom. The molecule has 3 N–H and O–H groups in total. The van der Waals surface area contributed by atoms with E-state index in [-0.39, 0.29) is 5.75 Å². The van der Waals surface area contributed by atoms with Crippen LogP contribution in [-0.2, 0) is 19.4 Å². The summed E-state index contributed by atoms with van der Waals surface area (Å²) in [6.07, 6.45) is 6.69. The predicted molar refractivity (Wildman–Crippen MR) is 147 cm³/mol. The van der Waals surface area contributed by atoms with Crippen LogP contribution in [0.25, 0.3) is 0 Å². The molecule has 1 aliphatic carbocycles. The second-order valence-electron chi connectivity index (χ2n) is 10.0. The lowest BCUT2D eigenvalue weighted by Gasteiger charge is -2.27. The first-order valence-corrected chi connectivity index (χ1v) is 13.3. The minimum atomic E-state index is 0.269. The maximum Gasteiger partial charge on any atom is 0.119 e. The van der Waals surface area contributed by atoms with E-state index >= 15 is 0 Å². The van der Waals surface area contributed by atoms with Crippen molar-refractivity contribution in [3.63, 3.8) is 0 Å².